The van der Waals surface area contributed by atoms with E-state index < -0.39 is 79.3 Å². The molecule has 10 rings (SSSR count). The van der Waals surface area contributed by atoms with Crippen molar-refractivity contribution < 1.29 is 89.3 Å². The van der Waals surface area contributed by atoms with Crippen LogP contribution in [0.1, 0.15) is 74.4 Å². The van der Waals surface area contributed by atoms with Crippen LogP contribution in [-0.2, 0) is 18.9 Å². The minimum atomic E-state index is -4.81. The molecule has 6 atom stereocenters. The quantitative estimate of drug-likeness (QED) is 0.0587. The summed E-state index contributed by atoms with van der Waals surface area (Å²) in [6.07, 6.45) is -11.6. The van der Waals surface area contributed by atoms with Crippen molar-refractivity contribution in [3.8, 4) is 11.5 Å². The Bertz CT molecular complexity index is 2960. The van der Waals surface area contributed by atoms with Crippen LogP contribution >= 0.6 is 81.0 Å². The highest BCUT2D eigenvalue weighted by molar-refractivity contribution is 7.60. The second-order valence-corrected chi connectivity index (χ2v) is 20.4. The van der Waals surface area contributed by atoms with Gasteiger partial charge in [-0.15, -0.1) is 0 Å². The number of aromatic nitrogens is 4. The molecule has 4 aromatic heterocycles. The number of alkyl halides is 6. The van der Waals surface area contributed by atoms with Crippen LogP contribution in [0.25, 0.3) is 0 Å². The summed E-state index contributed by atoms with van der Waals surface area (Å²) in [6.45, 7) is 10.7. The number of Topliss-reactive ketones (excluding diaryl/α,β-unsaturated/α-hetero) is 1. The average Bonchev–Trinajstić information content (AvgIpc) is 1.75. The number of carboxylic acid groups (broad SMARTS) is 1. The zero-order chi connectivity index (χ0) is 58.6. The fourth-order valence-electron chi connectivity index (χ4n) is 9.46. The smallest absolute Gasteiger partial charge is 0.415 e. The number of urea groups is 2. The zero-order valence-electron chi connectivity index (χ0n) is 47.3. The van der Waals surface area contributed by atoms with Crippen molar-refractivity contribution in [1.82, 2.24) is 19.9 Å². The number of carbonyl (C=O) groups excluding carboxylic acids is 3. The maximum absolute atomic E-state index is 13.5. The van der Waals surface area contributed by atoms with E-state index in [1.165, 1.54) is 28.1 Å². The molecule has 0 aromatic carbocycles. The van der Waals surface area contributed by atoms with Crippen molar-refractivity contribution in [2.24, 2.45) is 5.73 Å². The number of carbonyl (C=O) groups is 4. The molecule has 0 aliphatic carbocycles. The molecule has 4 saturated heterocycles. The molecule has 0 saturated carbocycles. The summed E-state index contributed by atoms with van der Waals surface area (Å²) in [5.74, 6) is -0.961. The second kappa shape index (κ2) is 32.6. The molecule has 6 aliphatic rings. The zero-order valence-corrected chi connectivity index (χ0v) is 53.3. The van der Waals surface area contributed by atoms with Gasteiger partial charge in [0.1, 0.15) is 60.4 Å². The Labute approximate surface area is 538 Å². The van der Waals surface area contributed by atoms with Gasteiger partial charge >= 0.3 is 30.4 Å². The molecule has 36 heteroatoms. The number of hydrogen-bond acceptors (Lipinski definition) is 19. The first-order valence-electron chi connectivity index (χ1n) is 25.7. The molecule has 0 radical (unpaired) electrons. The van der Waals surface area contributed by atoms with Crippen LogP contribution in [0.3, 0.4) is 0 Å². The third-order valence-electron chi connectivity index (χ3n) is 13.4. The van der Waals surface area contributed by atoms with Gasteiger partial charge in [0, 0.05) is 63.7 Å². The molecule has 0 spiro atoms. The number of pyridine rings is 4. The molecule has 10 heterocycles. The average molecular weight is 1350 g/mol. The molecule has 24 nitrogen and oxygen atoms in total. The van der Waals surface area contributed by atoms with E-state index in [1.807, 2.05) is 32.6 Å². The number of ether oxygens (including phenoxy) is 6. The minimum absolute atomic E-state index is 0. The van der Waals surface area contributed by atoms with Crippen molar-refractivity contribution in [2.75, 3.05) is 89.4 Å². The molecule has 7 N–H and O–H groups in total. The highest BCUT2D eigenvalue weighted by Crippen LogP contribution is 2.41. The van der Waals surface area contributed by atoms with Gasteiger partial charge in [0.05, 0.1) is 36.7 Å². The largest absolute Gasteiger partial charge is 0.491 e. The van der Waals surface area contributed by atoms with Crippen LogP contribution in [0.4, 0.5) is 70.6 Å². The summed E-state index contributed by atoms with van der Waals surface area (Å²) in [5, 5.41) is 32.1. The summed E-state index contributed by atoms with van der Waals surface area (Å²) in [5.41, 5.74) is 5.69. The van der Waals surface area contributed by atoms with Gasteiger partial charge in [-0.05, 0) is 83.4 Å². The molecule has 0 unspecified atom stereocenters. The van der Waals surface area contributed by atoms with Crippen LogP contribution in [0.5, 0.6) is 11.5 Å². The van der Waals surface area contributed by atoms with E-state index in [4.69, 9.17) is 33.5 Å². The number of halogens is 6. The van der Waals surface area contributed by atoms with E-state index in [1.54, 1.807) is 42.6 Å². The van der Waals surface area contributed by atoms with Crippen molar-refractivity contribution in [2.45, 2.75) is 114 Å². The first-order chi connectivity index (χ1) is 38.2. The number of aromatic carboxylic acids is 1. The van der Waals surface area contributed by atoms with Crippen LogP contribution in [-0.4, -0.2) is 179 Å². The number of nitrogens with two attached hydrogens (primary N) is 1. The van der Waals surface area contributed by atoms with Gasteiger partial charge in [-0.25, -0.2) is 34.3 Å². The van der Waals surface area contributed by atoms with E-state index in [2.05, 4.69) is 41.2 Å². The van der Waals surface area contributed by atoms with Gasteiger partial charge in [-0.2, -0.15) is 107 Å². The molecule has 4 bridgehead atoms. The maximum atomic E-state index is 13.5. The first-order valence-corrected chi connectivity index (χ1v) is 25.7. The number of aliphatic hydroxyl groups excluding tert-OH is 2. The number of rotatable bonds is 14. The highest BCUT2D eigenvalue weighted by atomic mass is 32.1. The maximum Gasteiger partial charge on any atom is 0.415 e. The summed E-state index contributed by atoms with van der Waals surface area (Å²) in [6, 6.07) is 11.5. The third kappa shape index (κ3) is 20.2. The number of carboxylic acids is 1. The topological polar surface area (TPSA) is 299 Å². The van der Waals surface area contributed by atoms with Crippen LogP contribution < -0.4 is 45.4 Å². The van der Waals surface area contributed by atoms with E-state index in [-0.39, 0.29) is 135 Å². The van der Waals surface area contributed by atoms with Crippen molar-refractivity contribution >= 4 is 139 Å². The van der Waals surface area contributed by atoms with Gasteiger partial charge in [0.2, 0.25) is 0 Å². The lowest BCUT2D eigenvalue weighted by atomic mass is 10.1. The molecular weight excluding hydrogens is 1280 g/mol. The number of nitrogens with zero attached hydrogens (tertiary/aromatic N) is 8. The first kappa shape index (κ1) is 78.0. The predicted molar refractivity (Wildman–Crippen MR) is 338 cm³/mol. The Hall–Kier alpha value is -5.12. The predicted octanol–water partition coefficient (Wildman–Crippen LogP) is 6.40. The number of anilines is 6. The summed E-state index contributed by atoms with van der Waals surface area (Å²) >= 11 is 0. The Morgan fingerprint density at radius 1 is 0.667 bits per heavy atom. The standard InChI is InChI=1S/C26H30F3N5O6.C22H25N5O6.C3H6F3NO.6H2S/c1-25(2)39-14-17(40-25)13-38-16-7-9-30-22(11-16)32-24(37)34-15-8-10-33(12-15)19-4-3-18(31-23(19)34)20(35)5-6-21(36)26(27,28)29;1-22(2)32-12-15(33-22)11-31-14-5-7-23-18(9-14)25-21(30)27-13-6-8-26(10-13)17-4-3-16(20(28)29)24-19(17)27;4-3(5,6)2(8)1-7;;;;;;/h3-4,7,9,11,15,17,21,36H,5-6,8,10,12-14H2,1-2H3,(H,30,32,37);3-5,7,9,13,15H,6,8,10-12H2,1-2H3,(H,28,29)(H,23,25,30);2,8H,1,7H2;6*1H2/t15-,17-,21-;13-,15-;2-;;;;;;/m000....../s1. The number of fused-ring (bicyclic) bond motifs is 8. The number of amides is 4. The number of nitrogens with one attached hydrogen (secondary N) is 2. The van der Waals surface area contributed by atoms with Gasteiger partial charge in [0.15, 0.2) is 40.8 Å². The third-order valence-corrected chi connectivity index (χ3v) is 13.4. The van der Waals surface area contributed by atoms with Crippen LogP contribution in [0, 0.1) is 0 Å². The Morgan fingerprint density at radius 2 is 1.08 bits per heavy atom. The normalized spacial score (nSPS) is 20.3. The van der Waals surface area contributed by atoms with Crippen LogP contribution in [0.15, 0.2) is 60.9 Å². The highest BCUT2D eigenvalue weighted by Gasteiger charge is 2.44. The number of aliphatic hydroxyl groups is 2. The Balaban J connectivity index is 0.000000502. The molecule has 4 aromatic rings. The summed E-state index contributed by atoms with van der Waals surface area (Å²) in [7, 11) is 0. The van der Waals surface area contributed by atoms with E-state index in [9.17, 15) is 55.7 Å². The van der Waals surface area contributed by atoms with E-state index in [0.717, 1.165) is 18.7 Å². The monoisotopic (exact) mass is 1350 g/mol. The molecule has 4 fully saturated rings. The van der Waals surface area contributed by atoms with Gasteiger partial charge < -0.3 is 59.3 Å². The molecule has 87 heavy (non-hydrogen) atoms. The molecule has 4 amide bonds. The molecule has 6 aliphatic heterocycles. The molecular formula is C51H73F6N11O13S6. The number of ketones is 1. The minimum Gasteiger partial charge on any atom is -0.491 e. The van der Waals surface area contributed by atoms with Gasteiger partial charge in [-0.3, -0.25) is 25.2 Å². The SMILES string of the molecule is CC1(C)OC[C@H](COc2ccnc(NC(=O)N3c4nc(C(=O)CC[C@H](O)C(F)(F)F)ccc4N4CC[C@H]3C4)c2)O1.CC1(C)OC[C@H](COc2ccnc(NC(=O)N3c4nc(C(=O)O)ccc4N4CC[C@H]3C4)c2)O1.NC[C@H](O)C(F)(F)F.S.S.S.S.S.S. The number of hydrogen-bond donors (Lipinski definition) is 6. The lowest BCUT2D eigenvalue weighted by Gasteiger charge is -2.35. The van der Waals surface area contributed by atoms with Crippen molar-refractivity contribution in [1.29, 1.82) is 0 Å². The Morgan fingerprint density at radius 3 is 1.45 bits per heavy atom. The summed E-state index contributed by atoms with van der Waals surface area (Å²) < 4.78 is 105. The van der Waals surface area contributed by atoms with Gasteiger partial charge in [-0.1, -0.05) is 0 Å². The summed E-state index contributed by atoms with van der Waals surface area (Å²) in [4.78, 5) is 75.0. The van der Waals surface area contributed by atoms with Crippen LogP contribution in [0.2, 0.25) is 0 Å². The lowest BCUT2D eigenvalue weighted by Crippen LogP contribution is -2.48. The van der Waals surface area contributed by atoms with E-state index in [0.29, 0.717) is 74.7 Å². The van der Waals surface area contributed by atoms with Gasteiger partial charge in [0.25, 0.3) is 0 Å². The van der Waals surface area contributed by atoms with Crippen molar-refractivity contribution in [3.63, 3.8) is 0 Å². The Kier molecular flexibility index (Phi) is 29.2. The second-order valence-electron chi connectivity index (χ2n) is 20.4. The van der Waals surface area contributed by atoms with Crippen molar-refractivity contribution in [3.05, 3.63) is 72.3 Å². The molecule has 488 valence electrons. The lowest BCUT2D eigenvalue weighted by molar-refractivity contribution is -0.205. The fraction of sp³-hybridized carbons (Fsp3) is 0.529. The van der Waals surface area contributed by atoms with E-state index >= 15 is 0 Å². The fourth-order valence-corrected chi connectivity index (χ4v) is 9.46.